The molecule has 0 aliphatic carbocycles. The molecule has 0 spiro atoms. The highest BCUT2D eigenvalue weighted by Crippen LogP contribution is 2.29. The van der Waals surface area contributed by atoms with Gasteiger partial charge in [0.1, 0.15) is 5.82 Å². The maximum Gasteiger partial charge on any atom is 0.345 e. The van der Waals surface area contributed by atoms with E-state index in [-0.39, 0.29) is 23.6 Å². The van der Waals surface area contributed by atoms with Gasteiger partial charge in [0.2, 0.25) is 5.91 Å². The quantitative estimate of drug-likeness (QED) is 0.740. The Labute approximate surface area is 171 Å². The number of hydrogen-bond acceptors (Lipinski definition) is 5. The van der Waals surface area contributed by atoms with Crippen LogP contribution in [0.15, 0.2) is 23.0 Å². The van der Waals surface area contributed by atoms with E-state index in [9.17, 15) is 9.59 Å². The van der Waals surface area contributed by atoms with Crippen molar-refractivity contribution in [1.29, 1.82) is 0 Å². The van der Waals surface area contributed by atoms with Crippen LogP contribution < -0.4 is 15.2 Å². The number of carbonyl (C=O) groups excluding carboxylic acids is 1. The Kier molecular flexibility index (Phi) is 6.30. The highest BCUT2D eigenvalue weighted by Gasteiger charge is 2.30. The number of piperidine rings is 1. The molecule has 1 saturated heterocycles. The summed E-state index contributed by atoms with van der Waals surface area (Å²) in [4.78, 5) is 27.2. The number of amides is 1. The summed E-state index contributed by atoms with van der Waals surface area (Å²) in [5, 5.41) is 4.47. The molecule has 2 heterocycles. The number of rotatable bonds is 6. The van der Waals surface area contributed by atoms with Gasteiger partial charge in [0, 0.05) is 32.1 Å². The minimum Gasteiger partial charge on any atom is -0.493 e. The van der Waals surface area contributed by atoms with Crippen LogP contribution in [-0.4, -0.2) is 52.5 Å². The van der Waals surface area contributed by atoms with Gasteiger partial charge in [-0.05, 0) is 44.4 Å². The van der Waals surface area contributed by atoms with Crippen molar-refractivity contribution in [2.24, 2.45) is 7.05 Å². The molecule has 1 aromatic heterocycles. The fourth-order valence-corrected chi connectivity index (χ4v) is 3.95. The van der Waals surface area contributed by atoms with E-state index in [1.165, 1.54) is 4.68 Å². The molecule has 1 fully saturated rings. The smallest absolute Gasteiger partial charge is 0.345 e. The van der Waals surface area contributed by atoms with Crippen molar-refractivity contribution in [2.75, 3.05) is 27.3 Å². The Hall–Kier alpha value is -2.77. The molecular formula is C21H30N4O4. The van der Waals surface area contributed by atoms with Crippen molar-refractivity contribution in [3.63, 3.8) is 0 Å². The number of aryl methyl sites for hydroxylation is 1. The Morgan fingerprint density at radius 1 is 1.24 bits per heavy atom. The van der Waals surface area contributed by atoms with Crippen LogP contribution in [0, 0.1) is 0 Å². The normalized spacial score (nSPS) is 16.9. The van der Waals surface area contributed by atoms with Gasteiger partial charge in [-0.2, -0.15) is 5.10 Å². The summed E-state index contributed by atoms with van der Waals surface area (Å²) in [5.41, 5.74) is 0.774. The first-order valence-electron chi connectivity index (χ1n) is 9.99. The lowest BCUT2D eigenvalue weighted by molar-refractivity contribution is -0.131. The molecular weight excluding hydrogens is 372 g/mol. The number of nitrogens with zero attached hydrogens (tertiary/aromatic N) is 4. The molecule has 0 N–H and O–H groups in total. The van der Waals surface area contributed by atoms with Gasteiger partial charge in [0.25, 0.3) is 0 Å². The van der Waals surface area contributed by atoms with Gasteiger partial charge in [-0.3, -0.25) is 9.36 Å². The van der Waals surface area contributed by atoms with E-state index < -0.39 is 0 Å². The van der Waals surface area contributed by atoms with Crippen LogP contribution in [0.4, 0.5) is 0 Å². The van der Waals surface area contributed by atoms with E-state index in [0.29, 0.717) is 24.5 Å². The topological polar surface area (TPSA) is 78.6 Å². The van der Waals surface area contributed by atoms with Crippen LogP contribution >= 0.6 is 0 Å². The number of carbonyl (C=O) groups is 1. The summed E-state index contributed by atoms with van der Waals surface area (Å²) in [6.07, 6.45) is 2.11. The predicted octanol–water partition coefficient (Wildman–Crippen LogP) is 2.13. The summed E-state index contributed by atoms with van der Waals surface area (Å²) in [6.45, 7) is 5.27. The molecule has 158 valence electrons. The number of ether oxygens (including phenoxy) is 2. The zero-order chi connectivity index (χ0) is 21.1. The first kappa shape index (κ1) is 21.0. The summed E-state index contributed by atoms with van der Waals surface area (Å²) < 4.78 is 13.7. The van der Waals surface area contributed by atoms with E-state index in [4.69, 9.17) is 9.47 Å². The number of aromatic nitrogens is 3. The summed E-state index contributed by atoms with van der Waals surface area (Å²) in [6, 6.07) is 5.57. The lowest BCUT2D eigenvalue weighted by Crippen LogP contribution is -2.41. The molecule has 0 bridgehead atoms. The zero-order valence-corrected chi connectivity index (χ0v) is 17.8. The molecule has 1 atom stereocenters. The Balaban J connectivity index is 1.75. The van der Waals surface area contributed by atoms with Crippen molar-refractivity contribution in [3.8, 4) is 11.5 Å². The van der Waals surface area contributed by atoms with Crippen LogP contribution in [0.5, 0.6) is 11.5 Å². The third-order valence-electron chi connectivity index (χ3n) is 5.44. The molecule has 0 saturated carbocycles. The summed E-state index contributed by atoms with van der Waals surface area (Å²) in [7, 11) is 4.85. The van der Waals surface area contributed by atoms with Crippen LogP contribution in [-0.2, 0) is 18.3 Å². The largest absolute Gasteiger partial charge is 0.493 e. The molecule has 1 amide bonds. The first-order chi connectivity index (χ1) is 13.8. The standard InChI is InChI=1S/C21H30N4O4/c1-14(2)25-20(22-23(3)21(25)27)16-7-6-10-24(13-16)19(26)12-15-8-9-17(28-4)18(11-15)29-5/h8-9,11,14,16H,6-7,10,12-13H2,1-5H3. The SMILES string of the molecule is COc1ccc(CC(=O)N2CCCC(c3nn(C)c(=O)n3C(C)C)C2)cc1OC. The lowest BCUT2D eigenvalue weighted by atomic mass is 9.96. The molecule has 2 aromatic rings. The Morgan fingerprint density at radius 2 is 1.97 bits per heavy atom. The fraction of sp³-hybridized carbons (Fsp3) is 0.571. The van der Waals surface area contributed by atoms with Crippen molar-refractivity contribution in [3.05, 3.63) is 40.1 Å². The maximum absolute atomic E-state index is 12.9. The molecule has 29 heavy (non-hydrogen) atoms. The van der Waals surface area contributed by atoms with Crippen molar-refractivity contribution in [2.45, 2.75) is 45.1 Å². The van der Waals surface area contributed by atoms with Crippen LogP contribution in [0.25, 0.3) is 0 Å². The molecule has 8 heteroatoms. The van der Waals surface area contributed by atoms with Crippen molar-refractivity contribution in [1.82, 2.24) is 19.2 Å². The number of hydrogen-bond donors (Lipinski definition) is 0. The van der Waals surface area contributed by atoms with Gasteiger partial charge in [0.15, 0.2) is 11.5 Å². The third kappa shape index (κ3) is 4.31. The van der Waals surface area contributed by atoms with Gasteiger partial charge in [-0.25, -0.2) is 9.48 Å². The molecule has 1 unspecified atom stereocenters. The van der Waals surface area contributed by atoms with Gasteiger partial charge < -0.3 is 14.4 Å². The van der Waals surface area contributed by atoms with Crippen molar-refractivity contribution < 1.29 is 14.3 Å². The fourth-order valence-electron chi connectivity index (χ4n) is 3.95. The molecule has 0 radical (unpaired) electrons. The van der Waals surface area contributed by atoms with E-state index in [1.807, 2.05) is 36.9 Å². The first-order valence-corrected chi connectivity index (χ1v) is 9.99. The van der Waals surface area contributed by atoms with Crippen LogP contribution in [0.2, 0.25) is 0 Å². The predicted molar refractivity (Wildman–Crippen MR) is 110 cm³/mol. The number of benzene rings is 1. The average Bonchev–Trinajstić information content (AvgIpc) is 3.02. The monoisotopic (exact) mass is 402 g/mol. The van der Waals surface area contributed by atoms with Crippen LogP contribution in [0.1, 0.15) is 50.0 Å². The number of likely N-dealkylation sites (tertiary alicyclic amines) is 1. The van der Waals surface area contributed by atoms with E-state index >= 15 is 0 Å². The lowest BCUT2D eigenvalue weighted by Gasteiger charge is -2.32. The maximum atomic E-state index is 12.9. The second-order valence-corrected chi connectivity index (χ2v) is 7.77. The van der Waals surface area contributed by atoms with E-state index in [2.05, 4.69) is 5.10 Å². The minimum atomic E-state index is -0.108. The highest BCUT2D eigenvalue weighted by molar-refractivity contribution is 5.79. The van der Waals surface area contributed by atoms with Gasteiger partial charge in [-0.15, -0.1) is 0 Å². The van der Waals surface area contributed by atoms with Gasteiger partial charge in [0.05, 0.1) is 20.6 Å². The molecule has 1 aliphatic rings. The zero-order valence-electron chi connectivity index (χ0n) is 17.8. The molecule has 8 nitrogen and oxygen atoms in total. The second kappa shape index (κ2) is 8.71. The second-order valence-electron chi connectivity index (χ2n) is 7.77. The summed E-state index contributed by atoms with van der Waals surface area (Å²) in [5.74, 6) is 2.16. The average molecular weight is 402 g/mol. The van der Waals surface area contributed by atoms with E-state index in [0.717, 1.165) is 30.8 Å². The minimum absolute atomic E-state index is 0.0315. The molecule has 3 rings (SSSR count). The Morgan fingerprint density at radius 3 is 2.62 bits per heavy atom. The van der Waals surface area contributed by atoms with E-state index in [1.54, 1.807) is 25.8 Å². The van der Waals surface area contributed by atoms with Crippen molar-refractivity contribution >= 4 is 5.91 Å². The van der Waals surface area contributed by atoms with Gasteiger partial charge >= 0.3 is 5.69 Å². The Bertz CT molecular complexity index is 931. The van der Waals surface area contributed by atoms with Crippen LogP contribution in [0.3, 0.4) is 0 Å². The molecule has 1 aliphatic heterocycles. The molecule has 1 aromatic carbocycles. The highest BCUT2D eigenvalue weighted by atomic mass is 16.5. The van der Waals surface area contributed by atoms with Gasteiger partial charge in [-0.1, -0.05) is 6.07 Å². The number of methoxy groups -OCH3 is 2. The third-order valence-corrected chi connectivity index (χ3v) is 5.44. The summed E-state index contributed by atoms with van der Waals surface area (Å²) >= 11 is 0.